The SMILES string of the molecule is Cc1ncc(B2OC(C)(C)C(C)(C)O2)cc1C(F)F. The number of aryl methyl sites for hydroxylation is 1. The maximum absolute atomic E-state index is 12.9. The van der Waals surface area contributed by atoms with Crippen molar-refractivity contribution in [3.8, 4) is 0 Å². The van der Waals surface area contributed by atoms with Gasteiger partial charge in [-0.1, -0.05) is 6.07 Å². The van der Waals surface area contributed by atoms with Crippen LogP contribution in [0.5, 0.6) is 0 Å². The molecule has 104 valence electrons. The molecule has 0 aliphatic carbocycles. The Hall–Kier alpha value is -1.01. The molecule has 3 nitrogen and oxygen atoms in total. The van der Waals surface area contributed by atoms with Crippen molar-refractivity contribution in [3.05, 3.63) is 23.5 Å². The van der Waals surface area contributed by atoms with Crippen molar-refractivity contribution in [1.82, 2.24) is 4.98 Å². The minimum atomic E-state index is -2.55. The van der Waals surface area contributed by atoms with E-state index in [-0.39, 0.29) is 5.56 Å². The summed E-state index contributed by atoms with van der Waals surface area (Å²) >= 11 is 0. The van der Waals surface area contributed by atoms with Crippen LogP contribution in [-0.4, -0.2) is 23.3 Å². The first kappa shape index (κ1) is 14.4. The zero-order valence-electron chi connectivity index (χ0n) is 11.8. The lowest BCUT2D eigenvalue weighted by Crippen LogP contribution is -2.41. The summed E-state index contributed by atoms with van der Waals surface area (Å²) < 4.78 is 37.4. The maximum atomic E-state index is 12.9. The Balaban J connectivity index is 2.32. The minimum Gasteiger partial charge on any atom is -0.399 e. The van der Waals surface area contributed by atoms with Crippen LogP contribution >= 0.6 is 0 Å². The van der Waals surface area contributed by atoms with Crippen LogP contribution in [0, 0.1) is 6.92 Å². The summed E-state index contributed by atoms with van der Waals surface area (Å²) in [5.74, 6) is 0. The molecule has 19 heavy (non-hydrogen) atoms. The van der Waals surface area contributed by atoms with E-state index in [4.69, 9.17) is 9.31 Å². The van der Waals surface area contributed by atoms with Gasteiger partial charge in [0.2, 0.25) is 0 Å². The Labute approximate surface area is 112 Å². The number of halogens is 2. The molecule has 1 aliphatic rings. The Kier molecular flexibility index (Phi) is 3.43. The molecule has 6 heteroatoms. The van der Waals surface area contributed by atoms with E-state index in [0.717, 1.165) is 0 Å². The van der Waals surface area contributed by atoms with Crippen molar-refractivity contribution < 1.29 is 18.1 Å². The van der Waals surface area contributed by atoms with Crippen molar-refractivity contribution in [3.63, 3.8) is 0 Å². The molecule has 0 aromatic carbocycles. The second-order valence-corrected chi connectivity index (χ2v) is 5.83. The summed E-state index contributed by atoms with van der Waals surface area (Å²) in [4.78, 5) is 4.00. The molecule has 0 atom stereocenters. The summed E-state index contributed by atoms with van der Waals surface area (Å²) in [6.07, 6.45) is -1.02. The van der Waals surface area contributed by atoms with E-state index < -0.39 is 24.7 Å². The van der Waals surface area contributed by atoms with Crippen molar-refractivity contribution in [1.29, 1.82) is 0 Å². The van der Waals surface area contributed by atoms with Crippen LogP contribution in [0.15, 0.2) is 12.3 Å². The van der Waals surface area contributed by atoms with Crippen molar-refractivity contribution in [2.24, 2.45) is 0 Å². The highest BCUT2D eigenvalue weighted by atomic mass is 19.3. The van der Waals surface area contributed by atoms with Gasteiger partial charge >= 0.3 is 7.12 Å². The molecule has 0 saturated carbocycles. The fourth-order valence-corrected chi connectivity index (χ4v) is 1.90. The van der Waals surface area contributed by atoms with E-state index in [1.807, 2.05) is 27.7 Å². The standard InChI is InChI=1S/C13H18BF2NO2/c1-8-10(11(15)16)6-9(7-17-8)14-18-12(2,3)13(4,5)19-14/h6-7,11H,1-5H3. The van der Waals surface area contributed by atoms with Gasteiger partial charge in [0.05, 0.1) is 11.2 Å². The van der Waals surface area contributed by atoms with Crippen LogP contribution < -0.4 is 5.46 Å². The molecular weight excluding hydrogens is 251 g/mol. The monoisotopic (exact) mass is 269 g/mol. The average Bonchev–Trinajstić information content (AvgIpc) is 2.48. The Morgan fingerprint density at radius 1 is 1.16 bits per heavy atom. The summed E-state index contributed by atoms with van der Waals surface area (Å²) in [6, 6.07) is 1.41. The molecule has 0 bridgehead atoms. The van der Waals surface area contributed by atoms with E-state index in [9.17, 15) is 8.78 Å². The number of aromatic nitrogens is 1. The number of hydrogen-bond acceptors (Lipinski definition) is 3. The summed E-state index contributed by atoms with van der Waals surface area (Å²) in [5.41, 5.74) is -0.205. The molecule has 2 rings (SSSR count). The third kappa shape index (κ3) is 2.51. The van der Waals surface area contributed by atoms with Gasteiger partial charge in [0.25, 0.3) is 6.43 Å². The highest BCUT2D eigenvalue weighted by molar-refractivity contribution is 6.62. The molecule has 0 amide bonds. The second kappa shape index (κ2) is 4.53. The van der Waals surface area contributed by atoms with Gasteiger partial charge in [-0.2, -0.15) is 0 Å². The lowest BCUT2D eigenvalue weighted by molar-refractivity contribution is 0.00578. The highest BCUT2D eigenvalue weighted by Crippen LogP contribution is 2.36. The Morgan fingerprint density at radius 3 is 2.16 bits per heavy atom. The molecular formula is C13H18BF2NO2. The molecule has 0 N–H and O–H groups in total. The van der Waals surface area contributed by atoms with Crippen LogP contribution in [0.4, 0.5) is 8.78 Å². The quantitative estimate of drug-likeness (QED) is 0.773. The normalized spacial score (nSPS) is 21.2. The fraction of sp³-hybridized carbons (Fsp3) is 0.615. The van der Waals surface area contributed by atoms with Crippen LogP contribution in [-0.2, 0) is 9.31 Å². The van der Waals surface area contributed by atoms with Crippen molar-refractivity contribution in [2.75, 3.05) is 0 Å². The van der Waals surface area contributed by atoms with Gasteiger partial charge in [-0.05, 0) is 34.6 Å². The first-order valence-electron chi connectivity index (χ1n) is 6.24. The van der Waals surface area contributed by atoms with Crippen molar-refractivity contribution in [2.45, 2.75) is 52.2 Å². The van der Waals surface area contributed by atoms with E-state index in [1.165, 1.54) is 12.3 Å². The molecule has 0 unspecified atom stereocenters. The van der Waals surface area contributed by atoms with Crippen LogP contribution in [0.1, 0.15) is 45.4 Å². The molecule has 1 fully saturated rings. The number of pyridine rings is 1. The van der Waals surface area contributed by atoms with Gasteiger partial charge in [0.1, 0.15) is 0 Å². The lowest BCUT2D eigenvalue weighted by Gasteiger charge is -2.32. The van der Waals surface area contributed by atoms with Gasteiger partial charge < -0.3 is 9.31 Å². The predicted molar refractivity (Wildman–Crippen MR) is 69.6 cm³/mol. The van der Waals surface area contributed by atoms with Gasteiger partial charge in [0, 0.05) is 22.9 Å². The molecule has 2 heterocycles. The predicted octanol–water partition coefficient (Wildman–Crippen LogP) is 2.63. The van der Waals surface area contributed by atoms with Gasteiger partial charge in [-0.15, -0.1) is 0 Å². The molecule has 1 aliphatic heterocycles. The second-order valence-electron chi connectivity index (χ2n) is 5.83. The van der Waals surface area contributed by atoms with Crippen LogP contribution in [0.2, 0.25) is 0 Å². The third-order valence-corrected chi connectivity index (χ3v) is 3.91. The van der Waals surface area contributed by atoms with Gasteiger partial charge in [-0.3, -0.25) is 4.98 Å². The average molecular weight is 269 g/mol. The van der Waals surface area contributed by atoms with E-state index >= 15 is 0 Å². The zero-order chi connectivity index (χ0) is 14.4. The Morgan fingerprint density at radius 2 is 1.68 bits per heavy atom. The number of rotatable bonds is 2. The minimum absolute atomic E-state index is 0.0767. The molecule has 1 aromatic rings. The topological polar surface area (TPSA) is 31.4 Å². The van der Waals surface area contributed by atoms with Gasteiger partial charge in [0.15, 0.2) is 0 Å². The molecule has 1 aromatic heterocycles. The van der Waals surface area contributed by atoms with Gasteiger partial charge in [-0.25, -0.2) is 8.78 Å². The molecule has 0 radical (unpaired) electrons. The lowest BCUT2D eigenvalue weighted by atomic mass is 9.79. The van der Waals surface area contributed by atoms with E-state index in [2.05, 4.69) is 4.98 Å². The third-order valence-electron chi connectivity index (χ3n) is 3.91. The van der Waals surface area contributed by atoms with E-state index in [1.54, 1.807) is 6.92 Å². The van der Waals surface area contributed by atoms with Crippen molar-refractivity contribution >= 4 is 12.6 Å². The molecule has 0 spiro atoms. The fourth-order valence-electron chi connectivity index (χ4n) is 1.90. The summed E-state index contributed by atoms with van der Waals surface area (Å²) in [5, 5.41) is 0. The first-order chi connectivity index (χ1) is 8.64. The maximum Gasteiger partial charge on any atom is 0.496 e. The molecule has 1 saturated heterocycles. The summed E-state index contributed by atoms with van der Waals surface area (Å²) in [6.45, 7) is 9.24. The largest absolute Gasteiger partial charge is 0.496 e. The number of nitrogens with zero attached hydrogens (tertiary/aromatic N) is 1. The van der Waals surface area contributed by atoms with E-state index in [0.29, 0.717) is 11.2 Å². The summed E-state index contributed by atoms with van der Waals surface area (Å²) in [7, 11) is -0.657. The number of hydrogen-bond donors (Lipinski definition) is 0. The number of alkyl halides is 2. The highest BCUT2D eigenvalue weighted by Gasteiger charge is 2.51. The zero-order valence-corrected chi connectivity index (χ0v) is 11.8. The first-order valence-corrected chi connectivity index (χ1v) is 6.24. The Bertz CT molecular complexity index is 476. The smallest absolute Gasteiger partial charge is 0.399 e. The van der Waals surface area contributed by atoms with Crippen LogP contribution in [0.25, 0.3) is 0 Å². The van der Waals surface area contributed by atoms with Crippen LogP contribution in [0.3, 0.4) is 0 Å².